The third kappa shape index (κ3) is 3.64. The van der Waals surface area contributed by atoms with Crippen LogP contribution in [0.3, 0.4) is 0 Å². The summed E-state index contributed by atoms with van der Waals surface area (Å²) in [4.78, 5) is 41.9. The lowest BCUT2D eigenvalue weighted by Gasteiger charge is -2.31. The van der Waals surface area contributed by atoms with Crippen molar-refractivity contribution in [3.63, 3.8) is 0 Å². The smallest absolute Gasteiger partial charge is 0.343 e. The lowest BCUT2D eigenvalue weighted by Crippen LogP contribution is -2.44. The number of hydrogen-bond acceptors (Lipinski definition) is 8. The number of esters is 1. The lowest BCUT2D eigenvalue weighted by molar-refractivity contribution is -0.384. The van der Waals surface area contributed by atoms with Gasteiger partial charge in [0.05, 0.1) is 39.6 Å². The Morgan fingerprint density at radius 2 is 1.97 bits per heavy atom. The number of non-ortho nitro benzene ring substituents is 1. The molecule has 38 heavy (non-hydrogen) atoms. The Morgan fingerprint density at radius 1 is 1.18 bits per heavy atom. The fourth-order valence-corrected chi connectivity index (χ4v) is 5.31. The Labute approximate surface area is 216 Å². The van der Waals surface area contributed by atoms with Gasteiger partial charge in [-0.1, -0.05) is 37.3 Å². The highest BCUT2D eigenvalue weighted by Gasteiger charge is 2.45. The topological polar surface area (TPSA) is 137 Å². The van der Waals surface area contributed by atoms with Gasteiger partial charge in [-0.3, -0.25) is 14.9 Å². The Hall–Kier alpha value is -4.57. The summed E-state index contributed by atoms with van der Waals surface area (Å²) in [6, 6.07) is 16.3. The van der Waals surface area contributed by atoms with Gasteiger partial charge in [-0.05, 0) is 30.5 Å². The summed E-state index contributed by atoms with van der Waals surface area (Å²) >= 11 is 0. The van der Waals surface area contributed by atoms with Crippen LogP contribution in [0.5, 0.6) is 0 Å². The van der Waals surface area contributed by atoms with Gasteiger partial charge in [-0.2, -0.15) is 0 Å². The van der Waals surface area contributed by atoms with E-state index in [-0.39, 0.29) is 41.9 Å². The van der Waals surface area contributed by atoms with Crippen molar-refractivity contribution in [3.8, 4) is 11.4 Å². The molecule has 2 aromatic heterocycles. The summed E-state index contributed by atoms with van der Waals surface area (Å²) in [7, 11) is 0. The number of fused-ring (bicyclic) bond motifs is 5. The molecule has 4 aromatic rings. The maximum atomic E-state index is 13.4. The standard InChI is InChI=1S/C28H24N4O6/c1-2-28(35)21-13-23-25-18(14-31(23)26(33)20(21)15-38-27(28)34)10-17-11-19(32(36)37)12-22(24(17)30-25)29-9-8-16-6-4-3-5-7-16/h3-7,10-13,29,35H,2,8-9,14-15H2,1H3/t28-/m0/s1. The van der Waals surface area contributed by atoms with Crippen LogP contribution in [0.15, 0.2) is 59.4 Å². The van der Waals surface area contributed by atoms with Crippen molar-refractivity contribution in [1.82, 2.24) is 9.55 Å². The average Bonchev–Trinajstić information content (AvgIpc) is 3.28. The van der Waals surface area contributed by atoms with Gasteiger partial charge in [0.15, 0.2) is 5.60 Å². The zero-order valence-corrected chi connectivity index (χ0v) is 20.6. The van der Waals surface area contributed by atoms with Gasteiger partial charge in [0.1, 0.15) is 6.61 Å². The minimum absolute atomic E-state index is 0.0544. The minimum atomic E-state index is -1.91. The number of nitro groups is 1. The van der Waals surface area contributed by atoms with E-state index in [1.54, 1.807) is 17.6 Å². The highest BCUT2D eigenvalue weighted by atomic mass is 16.6. The highest BCUT2D eigenvalue weighted by molar-refractivity contribution is 5.95. The van der Waals surface area contributed by atoms with E-state index in [9.17, 15) is 24.8 Å². The number of pyridine rings is 2. The van der Waals surface area contributed by atoms with Crippen LogP contribution in [0.4, 0.5) is 11.4 Å². The number of carbonyl (C=O) groups excluding carboxylic acids is 1. The summed E-state index contributed by atoms with van der Waals surface area (Å²) in [5.74, 6) is -0.779. The first kappa shape index (κ1) is 23.8. The van der Waals surface area contributed by atoms with Crippen LogP contribution in [0.2, 0.25) is 0 Å². The number of hydrogen-bond donors (Lipinski definition) is 2. The summed E-state index contributed by atoms with van der Waals surface area (Å²) in [5, 5.41) is 26.6. The Kier molecular flexibility index (Phi) is 5.50. The van der Waals surface area contributed by atoms with Crippen LogP contribution in [0.25, 0.3) is 22.3 Å². The molecule has 10 heteroatoms. The van der Waals surface area contributed by atoms with Crippen molar-refractivity contribution in [3.05, 3.63) is 97.3 Å². The zero-order chi connectivity index (χ0) is 26.6. The van der Waals surface area contributed by atoms with Crippen molar-refractivity contribution in [2.75, 3.05) is 11.9 Å². The number of aliphatic hydroxyl groups is 1. The predicted molar refractivity (Wildman–Crippen MR) is 140 cm³/mol. The van der Waals surface area contributed by atoms with Crippen molar-refractivity contribution in [2.24, 2.45) is 0 Å². The molecule has 6 rings (SSSR count). The molecule has 4 heterocycles. The monoisotopic (exact) mass is 512 g/mol. The van der Waals surface area contributed by atoms with Gasteiger partial charge >= 0.3 is 5.97 Å². The van der Waals surface area contributed by atoms with Crippen LogP contribution in [-0.4, -0.2) is 32.1 Å². The molecule has 0 saturated heterocycles. The first-order valence-electron chi connectivity index (χ1n) is 12.4. The number of benzene rings is 2. The molecule has 0 spiro atoms. The van der Waals surface area contributed by atoms with Gasteiger partial charge in [0.2, 0.25) is 0 Å². The number of nitro benzene ring substituents is 1. The van der Waals surface area contributed by atoms with E-state index in [1.165, 1.54) is 12.1 Å². The molecule has 0 amide bonds. The van der Waals surface area contributed by atoms with Gasteiger partial charge < -0.3 is 19.7 Å². The number of carbonyl (C=O) groups is 1. The van der Waals surface area contributed by atoms with Crippen LogP contribution in [0.1, 0.15) is 35.6 Å². The van der Waals surface area contributed by atoms with Crippen molar-refractivity contribution >= 4 is 28.2 Å². The summed E-state index contributed by atoms with van der Waals surface area (Å²) in [6.45, 7) is 2.20. The molecular formula is C28H24N4O6. The molecule has 0 radical (unpaired) electrons. The minimum Gasteiger partial charge on any atom is -0.458 e. The number of rotatable bonds is 6. The van der Waals surface area contributed by atoms with Crippen LogP contribution in [0, 0.1) is 10.1 Å². The zero-order valence-electron chi connectivity index (χ0n) is 20.6. The Balaban J connectivity index is 1.47. The number of anilines is 1. The lowest BCUT2D eigenvalue weighted by atomic mass is 9.86. The van der Waals surface area contributed by atoms with Crippen LogP contribution >= 0.6 is 0 Å². The maximum Gasteiger partial charge on any atom is 0.343 e. The van der Waals surface area contributed by atoms with E-state index < -0.39 is 16.5 Å². The average molecular weight is 513 g/mol. The van der Waals surface area contributed by atoms with Crippen molar-refractivity contribution < 1.29 is 19.6 Å². The molecule has 2 N–H and O–H groups in total. The maximum absolute atomic E-state index is 13.4. The molecular weight excluding hydrogens is 488 g/mol. The first-order valence-corrected chi connectivity index (χ1v) is 12.4. The second-order valence-corrected chi connectivity index (χ2v) is 9.58. The molecule has 2 aliphatic heterocycles. The van der Waals surface area contributed by atoms with E-state index >= 15 is 0 Å². The van der Waals surface area contributed by atoms with E-state index in [2.05, 4.69) is 5.32 Å². The van der Waals surface area contributed by atoms with E-state index in [1.807, 2.05) is 36.4 Å². The van der Waals surface area contributed by atoms with Crippen LogP contribution in [-0.2, 0) is 34.7 Å². The van der Waals surface area contributed by atoms with E-state index in [0.29, 0.717) is 40.9 Å². The van der Waals surface area contributed by atoms with Gasteiger partial charge in [0, 0.05) is 35.2 Å². The molecule has 0 aliphatic carbocycles. The number of ether oxygens (including phenoxy) is 1. The third-order valence-corrected chi connectivity index (χ3v) is 7.38. The fraction of sp³-hybridized carbons (Fsp3) is 0.250. The summed E-state index contributed by atoms with van der Waals surface area (Å²) < 4.78 is 6.67. The largest absolute Gasteiger partial charge is 0.458 e. The number of nitrogens with one attached hydrogen (secondary N) is 1. The summed E-state index contributed by atoms with van der Waals surface area (Å²) in [5.41, 5.74) is 2.08. The molecule has 192 valence electrons. The van der Waals surface area contributed by atoms with E-state index in [4.69, 9.17) is 9.72 Å². The first-order chi connectivity index (χ1) is 18.3. The SMILES string of the molecule is CC[C@@]1(O)C(=O)OCc2c1cc1n(c2=O)Cc2cc3cc([N+](=O)[O-])cc(NCCc4ccccc4)c3nc2-1. The third-order valence-electron chi connectivity index (χ3n) is 7.38. The van der Waals surface area contributed by atoms with Crippen molar-refractivity contribution in [2.45, 2.75) is 38.5 Å². The van der Waals surface area contributed by atoms with Crippen LogP contribution < -0.4 is 10.9 Å². The number of aromatic nitrogens is 2. The van der Waals surface area contributed by atoms with Crippen molar-refractivity contribution in [1.29, 1.82) is 0 Å². The molecule has 0 unspecified atom stereocenters. The summed E-state index contributed by atoms with van der Waals surface area (Å²) in [6.07, 6.45) is 0.769. The molecule has 2 aliphatic rings. The predicted octanol–water partition coefficient (Wildman–Crippen LogP) is 3.64. The van der Waals surface area contributed by atoms with Gasteiger partial charge in [0.25, 0.3) is 11.2 Å². The molecule has 0 fully saturated rings. The van der Waals surface area contributed by atoms with Gasteiger partial charge in [-0.15, -0.1) is 0 Å². The fourth-order valence-electron chi connectivity index (χ4n) is 5.31. The Bertz CT molecular complexity index is 1700. The molecule has 1 atom stereocenters. The number of nitrogens with zero attached hydrogens (tertiary/aromatic N) is 3. The Morgan fingerprint density at radius 3 is 2.71 bits per heavy atom. The van der Waals surface area contributed by atoms with E-state index in [0.717, 1.165) is 11.1 Å². The van der Waals surface area contributed by atoms with Gasteiger partial charge in [-0.25, -0.2) is 9.78 Å². The molecule has 0 bridgehead atoms. The normalized spacial score (nSPS) is 17.5. The highest BCUT2D eigenvalue weighted by Crippen LogP contribution is 2.40. The molecule has 2 aromatic carbocycles. The number of cyclic esters (lactones) is 1. The second-order valence-electron chi connectivity index (χ2n) is 9.58. The molecule has 0 saturated carbocycles. The second kappa shape index (κ2) is 8.77. The quantitative estimate of drug-likeness (QED) is 0.200. The molecule has 10 nitrogen and oxygen atoms in total.